The third-order valence-corrected chi connectivity index (χ3v) is 4.46. The summed E-state index contributed by atoms with van der Waals surface area (Å²) in [5, 5.41) is 2.92. The Hall–Kier alpha value is -2.60. The molecule has 6 nitrogen and oxygen atoms in total. The molecular formula is C19H25N5O. The summed E-state index contributed by atoms with van der Waals surface area (Å²) in [6.07, 6.45) is 1.60. The van der Waals surface area contributed by atoms with E-state index in [4.69, 9.17) is 0 Å². The number of piperazine rings is 1. The fourth-order valence-corrected chi connectivity index (χ4v) is 2.81. The molecule has 132 valence electrons. The highest BCUT2D eigenvalue weighted by atomic mass is 16.1. The van der Waals surface area contributed by atoms with E-state index in [0.717, 1.165) is 37.7 Å². The SMILES string of the molecule is CN1CCN(c2ccc(NC(=O)c3ccc(N(C)C)nc3)cc2)CC1. The molecule has 1 N–H and O–H groups in total. The van der Waals surface area contributed by atoms with Gasteiger partial charge in [0.25, 0.3) is 5.91 Å². The van der Waals surface area contributed by atoms with Gasteiger partial charge in [-0.15, -0.1) is 0 Å². The molecule has 0 aliphatic carbocycles. The Kier molecular flexibility index (Phi) is 5.19. The Morgan fingerprint density at radius 2 is 1.72 bits per heavy atom. The molecule has 1 amide bonds. The van der Waals surface area contributed by atoms with Crippen molar-refractivity contribution in [3.63, 3.8) is 0 Å². The fourth-order valence-electron chi connectivity index (χ4n) is 2.81. The van der Waals surface area contributed by atoms with Crippen molar-refractivity contribution in [2.24, 2.45) is 0 Å². The van der Waals surface area contributed by atoms with E-state index >= 15 is 0 Å². The lowest BCUT2D eigenvalue weighted by Crippen LogP contribution is -2.44. The van der Waals surface area contributed by atoms with Gasteiger partial charge in [0.2, 0.25) is 0 Å². The Balaban J connectivity index is 1.61. The van der Waals surface area contributed by atoms with Gasteiger partial charge in [-0.05, 0) is 43.4 Å². The van der Waals surface area contributed by atoms with Gasteiger partial charge in [-0.3, -0.25) is 4.79 Å². The van der Waals surface area contributed by atoms with Crippen LogP contribution >= 0.6 is 0 Å². The van der Waals surface area contributed by atoms with E-state index < -0.39 is 0 Å². The van der Waals surface area contributed by atoms with Crippen molar-refractivity contribution in [3.8, 4) is 0 Å². The van der Waals surface area contributed by atoms with Crippen LogP contribution in [0.15, 0.2) is 42.6 Å². The zero-order valence-corrected chi connectivity index (χ0v) is 15.1. The second-order valence-electron chi connectivity index (χ2n) is 6.59. The van der Waals surface area contributed by atoms with Crippen LogP contribution in [0, 0.1) is 0 Å². The molecule has 0 unspecified atom stereocenters. The molecule has 0 saturated carbocycles. The summed E-state index contributed by atoms with van der Waals surface area (Å²) in [5.74, 6) is 0.679. The van der Waals surface area contributed by atoms with Gasteiger partial charge in [0.05, 0.1) is 5.56 Å². The second kappa shape index (κ2) is 7.53. The number of carbonyl (C=O) groups is 1. The van der Waals surface area contributed by atoms with Crippen molar-refractivity contribution in [1.29, 1.82) is 0 Å². The third kappa shape index (κ3) is 4.28. The van der Waals surface area contributed by atoms with Gasteiger partial charge in [0, 0.05) is 57.8 Å². The van der Waals surface area contributed by atoms with Gasteiger partial charge in [0.1, 0.15) is 5.82 Å². The smallest absolute Gasteiger partial charge is 0.257 e. The lowest BCUT2D eigenvalue weighted by atomic mass is 10.2. The fraction of sp³-hybridized carbons (Fsp3) is 0.368. The zero-order valence-electron chi connectivity index (χ0n) is 15.1. The highest BCUT2D eigenvalue weighted by Crippen LogP contribution is 2.20. The van der Waals surface area contributed by atoms with Crippen LogP contribution in [0.4, 0.5) is 17.2 Å². The zero-order chi connectivity index (χ0) is 17.8. The third-order valence-electron chi connectivity index (χ3n) is 4.46. The van der Waals surface area contributed by atoms with E-state index in [-0.39, 0.29) is 5.91 Å². The summed E-state index contributed by atoms with van der Waals surface area (Å²) < 4.78 is 0. The molecule has 1 fully saturated rings. The van der Waals surface area contributed by atoms with Crippen LogP contribution in [0.25, 0.3) is 0 Å². The first kappa shape index (κ1) is 17.2. The van der Waals surface area contributed by atoms with Crippen LogP contribution in [0.2, 0.25) is 0 Å². The van der Waals surface area contributed by atoms with Crippen molar-refractivity contribution in [2.45, 2.75) is 0 Å². The maximum absolute atomic E-state index is 12.3. The number of anilines is 3. The highest BCUT2D eigenvalue weighted by molar-refractivity contribution is 6.04. The van der Waals surface area contributed by atoms with Crippen molar-refractivity contribution in [2.75, 3.05) is 62.4 Å². The van der Waals surface area contributed by atoms with E-state index in [1.165, 1.54) is 5.69 Å². The molecule has 2 aromatic rings. The van der Waals surface area contributed by atoms with Crippen LogP contribution in [-0.2, 0) is 0 Å². The minimum atomic E-state index is -0.148. The summed E-state index contributed by atoms with van der Waals surface area (Å²) in [5.41, 5.74) is 2.54. The highest BCUT2D eigenvalue weighted by Gasteiger charge is 2.14. The van der Waals surface area contributed by atoms with E-state index in [1.54, 1.807) is 12.3 Å². The van der Waals surface area contributed by atoms with Gasteiger partial charge >= 0.3 is 0 Å². The maximum Gasteiger partial charge on any atom is 0.257 e. The number of aromatic nitrogens is 1. The molecule has 0 radical (unpaired) electrons. The number of hydrogen-bond donors (Lipinski definition) is 1. The van der Waals surface area contributed by atoms with Crippen molar-refractivity contribution < 1.29 is 4.79 Å². The van der Waals surface area contributed by atoms with Crippen molar-refractivity contribution in [1.82, 2.24) is 9.88 Å². The largest absolute Gasteiger partial charge is 0.369 e. The Morgan fingerprint density at radius 1 is 1.04 bits per heavy atom. The summed E-state index contributed by atoms with van der Waals surface area (Å²) in [4.78, 5) is 23.2. The molecule has 0 spiro atoms. The number of nitrogens with zero attached hydrogens (tertiary/aromatic N) is 4. The van der Waals surface area contributed by atoms with E-state index in [1.807, 2.05) is 37.2 Å². The van der Waals surface area contributed by atoms with Crippen molar-refractivity contribution in [3.05, 3.63) is 48.2 Å². The van der Waals surface area contributed by atoms with Gasteiger partial charge in [-0.1, -0.05) is 0 Å². The van der Waals surface area contributed by atoms with Gasteiger partial charge in [-0.25, -0.2) is 4.98 Å². The normalized spacial score (nSPS) is 15.1. The molecule has 1 aliphatic heterocycles. The average Bonchev–Trinajstić information content (AvgIpc) is 2.63. The van der Waals surface area contributed by atoms with Crippen LogP contribution < -0.4 is 15.1 Å². The molecule has 2 heterocycles. The molecule has 0 bridgehead atoms. The Morgan fingerprint density at radius 3 is 2.28 bits per heavy atom. The summed E-state index contributed by atoms with van der Waals surface area (Å²) >= 11 is 0. The number of pyridine rings is 1. The number of benzene rings is 1. The maximum atomic E-state index is 12.3. The Bertz CT molecular complexity index is 704. The minimum absolute atomic E-state index is 0.148. The van der Waals surface area contributed by atoms with Crippen LogP contribution in [0.1, 0.15) is 10.4 Å². The van der Waals surface area contributed by atoms with Crippen LogP contribution in [-0.4, -0.2) is 63.1 Å². The number of hydrogen-bond acceptors (Lipinski definition) is 5. The first-order valence-corrected chi connectivity index (χ1v) is 8.51. The number of carbonyl (C=O) groups excluding carboxylic acids is 1. The lowest BCUT2D eigenvalue weighted by molar-refractivity contribution is 0.102. The van der Waals surface area contributed by atoms with Crippen LogP contribution in [0.3, 0.4) is 0 Å². The monoisotopic (exact) mass is 339 g/mol. The molecule has 3 rings (SSSR count). The lowest BCUT2D eigenvalue weighted by Gasteiger charge is -2.34. The number of amides is 1. The summed E-state index contributed by atoms with van der Waals surface area (Å²) in [6.45, 7) is 4.22. The molecule has 1 aliphatic rings. The number of likely N-dealkylation sites (N-methyl/N-ethyl adjacent to an activating group) is 1. The first-order valence-electron chi connectivity index (χ1n) is 8.51. The Labute approximate surface area is 149 Å². The van der Waals surface area contributed by atoms with E-state index in [2.05, 4.69) is 39.3 Å². The van der Waals surface area contributed by atoms with Crippen LogP contribution in [0.5, 0.6) is 0 Å². The van der Waals surface area contributed by atoms with Gasteiger partial charge < -0.3 is 20.0 Å². The number of rotatable bonds is 4. The quantitative estimate of drug-likeness (QED) is 0.925. The van der Waals surface area contributed by atoms with Gasteiger partial charge in [0.15, 0.2) is 0 Å². The van der Waals surface area contributed by atoms with Gasteiger partial charge in [-0.2, -0.15) is 0 Å². The standard InChI is InChI=1S/C19H25N5O/c1-22(2)18-9-4-15(14-20-18)19(25)21-16-5-7-17(8-6-16)24-12-10-23(3)11-13-24/h4-9,14H,10-13H2,1-3H3,(H,21,25). The number of nitrogens with one attached hydrogen (secondary N) is 1. The summed E-state index contributed by atoms with van der Waals surface area (Å²) in [6, 6.07) is 11.7. The predicted octanol–water partition coefficient (Wildman–Crippen LogP) is 2.15. The molecule has 0 atom stereocenters. The topological polar surface area (TPSA) is 51.7 Å². The van der Waals surface area contributed by atoms with E-state index in [0.29, 0.717) is 5.56 Å². The average molecular weight is 339 g/mol. The molecule has 1 saturated heterocycles. The molecule has 1 aromatic carbocycles. The first-order chi connectivity index (χ1) is 12.0. The predicted molar refractivity (Wildman–Crippen MR) is 103 cm³/mol. The minimum Gasteiger partial charge on any atom is -0.369 e. The molecule has 25 heavy (non-hydrogen) atoms. The van der Waals surface area contributed by atoms with E-state index in [9.17, 15) is 4.79 Å². The van der Waals surface area contributed by atoms with Crippen molar-refractivity contribution >= 4 is 23.1 Å². The molecule has 6 heteroatoms. The molecule has 1 aromatic heterocycles. The second-order valence-corrected chi connectivity index (χ2v) is 6.59. The molecular weight excluding hydrogens is 314 g/mol. The summed E-state index contributed by atoms with van der Waals surface area (Å²) in [7, 11) is 5.99.